The van der Waals surface area contributed by atoms with E-state index in [-0.39, 0.29) is 22.6 Å². The topological polar surface area (TPSA) is 75.7 Å². The highest BCUT2D eigenvalue weighted by atomic mass is 32.2. The molecule has 3 aromatic rings. The standard InChI is InChI=1S/C27H32N2O4S/c1-19(2)22-11-12-25(33-3)26(17-22)34(31,32)29-15-13-21(14-16-29)27(30)28-18-23-9-6-8-20-7-4-5-10-24(20)23/h4-12,17,19,21H,13-16,18H2,1-3H3,(H,28,30). The molecule has 0 aromatic heterocycles. The fraction of sp³-hybridized carbons (Fsp3) is 0.370. The van der Waals surface area contributed by atoms with Crippen LogP contribution in [0.3, 0.4) is 0 Å². The van der Waals surface area contributed by atoms with Crippen molar-refractivity contribution in [3.8, 4) is 5.75 Å². The van der Waals surface area contributed by atoms with Crippen molar-refractivity contribution in [2.24, 2.45) is 5.92 Å². The summed E-state index contributed by atoms with van der Waals surface area (Å²) in [7, 11) is -2.23. The number of hydrogen-bond donors (Lipinski definition) is 1. The average Bonchev–Trinajstić information content (AvgIpc) is 2.86. The maximum Gasteiger partial charge on any atom is 0.246 e. The lowest BCUT2D eigenvalue weighted by Gasteiger charge is -2.31. The summed E-state index contributed by atoms with van der Waals surface area (Å²) in [5.41, 5.74) is 2.02. The fourth-order valence-electron chi connectivity index (χ4n) is 4.52. The Bertz CT molecular complexity index is 1270. The fourth-order valence-corrected chi connectivity index (χ4v) is 6.19. The first-order valence-electron chi connectivity index (χ1n) is 11.7. The van der Waals surface area contributed by atoms with Crippen molar-refractivity contribution in [3.05, 3.63) is 71.8 Å². The number of hydrogen-bond acceptors (Lipinski definition) is 4. The first-order valence-corrected chi connectivity index (χ1v) is 13.2. The molecule has 4 rings (SSSR count). The van der Waals surface area contributed by atoms with Gasteiger partial charge in [0.1, 0.15) is 10.6 Å². The van der Waals surface area contributed by atoms with Crippen LogP contribution in [0, 0.1) is 5.92 Å². The van der Waals surface area contributed by atoms with Crippen LogP contribution in [0.2, 0.25) is 0 Å². The molecule has 0 spiro atoms. The molecule has 1 amide bonds. The van der Waals surface area contributed by atoms with Gasteiger partial charge in [0, 0.05) is 25.6 Å². The molecule has 1 aliphatic rings. The van der Waals surface area contributed by atoms with Gasteiger partial charge >= 0.3 is 0 Å². The highest BCUT2D eigenvalue weighted by Gasteiger charge is 2.34. The number of carbonyl (C=O) groups excluding carboxylic acids is 1. The molecule has 1 heterocycles. The Morgan fingerprint density at radius 3 is 2.47 bits per heavy atom. The number of nitrogens with zero attached hydrogens (tertiary/aromatic N) is 1. The smallest absolute Gasteiger partial charge is 0.246 e. The number of methoxy groups -OCH3 is 1. The normalized spacial score (nSPS) is 15.5. The Morgan fingerprint density at radius 2 is 1.76 bits per heavy atom. The quantitative estimate of drug-likeness (QED) is 0.532. The summed E-state index contributed by atoms with van der Waals surface area (Å²) in [6.07, 6.45) is 0.986. The average molecular weight is 481 g/mol. The molecule has 0 bridgehead atoms. The maximum absolute atomic E-state index is 13.4. The van der Waals surface area contributed by atoms with Crippen LogP contribution in [0.15, 0.2) is 65.6 Å². The monoisotopic (exact) mass is 480 g/mol. The summed E-state index contributed by atoms with van der Waals surface area (Å²) in [5, 5.41) is 5.33. The van der Waals surface area contributed by atoms with Gasteiger partial charge in [-0.15, -0.1) is 0 Å². The second-order valence-corrected chi connectivity index (χ2v) is 11.0. The third-order valence-electron chi connectivity index (χ3n) is 6.63. The van der Waals surface area contributed by atoms with E-state index in [9.17, 15) is 13.2 Å². The molecule has 0 unspecified atom stereocenters. The Kier molecular flexibility index (Phi) is 7.24. The third kappa shape index (κ3) is 4.95. The molecule has 0 atom stereocenters. The number of rotatable bonds is 7. The van der Waals surface area contributed by atoms with E-state index in [4.69, 9.17) is 4.74 Å². The highest BCUT2D eigenvalue weighted by Crippen LogP contribution is 2.32. The molecule has 0 aliphatic carbocycles. The molecule has 180 valence electrons. The lowest BCUT2D eigenvalue weighted by Crippen LogP contribution is -2.43. The van der Waals surface area contributed by atoms with Crippen molar-refractivity contribution in [1.82, 2.24) is 9.62 Å². The van der Waals surface area contributed by atoms with Gasteiger partial charge in [-0.3, -0.25) is 4.79 Å². The van der Waals surface area contributed by atoms with Crippen LogP contribution in [-0.2, 0) is 21.4 Å². The van der Waals surface area contributed by atoms with E-state index in [1.807, 2.05) is 44.2 Å². The number of carbonyl (C=O) groups is 1. The summed E-state index contributed by atoms with van der Waals surface area (Å²) in [4.78, 5) is 13.0. The van der Waals surface area contributed by atoms with E-state index in [1.165, 1.54) is 11.4 Å². The number of fused-ring (bicyclic) bond motifs is 1. The second-order valence-electron chi connectivity index (χ2n) is 9.10. The van der Waals surface area contributed by atoms with E-state index < -0.39 is 10.0 Å². The predicted octanol–water partition coefficient (Wildman–Crippen LogP) is 4.69. The highest BCUT2D eigenvalue weighted by molar-refractivity contribution is 7.89. The van der Waals surface area contributed by atoms with E-state index in [1.54, 1.807) is 12.1 Å². The summed E-state index contributed by atoms with van der Waals surface area (Å²) in [5.74, 6) is 0.324. The summed E-state index contributed by atoms with van der Waals surface area (Å²) in [6, 6.07) is 19.5. The molecule has 0 saturated carbocycles. The Hall–Kier alpha value is -2.90. The van der Waals surface area contributed by atoms with Gasteiger partial charge < -0.3 is 10.1 Å². The van der Waals surface area contributed by atoms with Crippen molar-refractivity contribution in [2.45, 2.75) is 44.0 Å². The van der Waals surface area contributed by atoms with E-state index >= 15 is 0 Å². The Balaban J connectivity index is 1.41. The van der Waals surface area contributed by atoms with Crippen molar-refractivity contribution in [2.75, 3.05) is 20.2 Å². The molecular formula is C27H32N2O4S. The number of amides is 1. The molecule has 3 aromatic carbocycles. The summed E-state index contributed by atoms with van der Waals surface area (Å²) >= 11 is 0. The van der Waals surface area contributed by atoms with Gasteiger partial charge in [0.25, 0.3) is 0 Å². The van der Waals surface area contributed by atoms with Gasteiger partial charge in [-0.05, 0) is 52.8 Å². The molecule has 34 heavy (non-hydrogen) atoms. The van der Waals surface area contributed by atoms with Crippen LogP contribution in [0.5, 0.6) is 5.75 Å². The van der Waals surface area contributed by atoms with Crippen LogP contribution in [-0.4, -0.2) is 38.8 Å². The lowest BCUT2D eigenvalue weighted by molar-refractivity contribution is -0.126. The zero-order valence-electron chi connectivity index (χ0n) is 20.0. The zero-order chi connectivity index (χ0) is 24.3. The lowest BCUT2D eigenvalue weighted by atomic mass is 9.97. The number of benzene rings is 3. The summed E-state index contributed by atoms with van der Waals surface area (Å²) < 4.78 is 33.6. The number of piperidine rings is 1. The molecule has 1 N–H and O–H groups in total. The van der Waals surface area contributed by atoms with Gasteiger partial charge in [0.2, 0.25) is 15.9 Å². The minimum absolute atomic E-state index is 0.0237. The first kappa shape index (κ1) is 24.2. The predicted molar refractivity (Wildman–Crippen MR) is 134 cm³/mol. The molecule has 1 saturated heterocycles. The van der Waals surface area contributed by atoms with Crippen molar-refractivity contribution in [1.29, 1.82) is 0 Å². The van der Waals surface area contributed by atoms with Gasteiger partial charge in [-0.1, -0.05) is 62.4 Å². The Labute approximate surface area is 202 Å². The molecule has 0 radical (unpaired) electrons. The van der Waals surface area contributed by atoms with Crippen LogP contribution in [0.25, 0.3) is 10.8 Å². The zero-order valence-corrected chi connectivity index (χ0v) is 20.8. The molecular weight excluding hydrogens is 448 g/mol. The van der Waals surface area contributed by atoms with Crippen LogP contribution >= 0.6 is 0 Å². The minimum atomic E-state index is -3.71. The van der Waals surface area contributed by atoms with Crippen molar-refractivity contribution >= 4 is 26.7 Å². The number of ether oxygens (including phenoxy) is 1. The number of sulfonamides is 1. The van der Waals surface area contributed by atoms with Crippen molar-refractivity contribution in [3.63, 3.8) is 0 Å². The molecule has 6 nitrogen and oxygen atoms in total. The van der Waals surface area contributed by atoms with Crippen LogP contribution in [0.1, 0.15) is 43.7 Å². The Morgan fingerprint density at radius 1 is 1.06 bits per heavy atom. The molecule has 1 fully saturated rings. The molecule has 1 aliphatic heterocycles. The van der Waals surface area contributed by atoms with E-state index in [0.717, 1.165) is 21.9 Å². The largest absolute Gasteiger partial charge is 0.495 e. The minimum Gasteiger partial charge on any atom is -0.495 e. The second kappa shape index (κ2) is 10.2. The van der Waals surface area contributed by atoms with Gasteiger partial charge in [0.05, 0.1) is 7.11 Å². The summed E-state index contributed by atoms with van der Waals surface area (Å²) in [6.45, 7) is 5.13. The first-order chi connectivity index (χ1) is 16.3. The molecule has 7 heteroatoms. The van der Waals surface area contributed by atoms with E-state index in [0.29, 0.717) is 38.2 Å². The van der Waals surface area contributed by atoms with Crippen molar-refractivity contribution < 1.29 is 17.9 Å². The van der Waals surface area contributed by atoms with Crippen LogP contribution < -0.4 is 10.1 Å². The SMILES string of the molecule is COc1ccc(C(C)C)cc1S(=O)(=O)N1CCC(C(=O)NCc2cccc3ccccc23)CC1. The van der Waals surface area contributed by atoms with Crippen LogP contribution in [0.4, 0.5) is 0 Å². The number of nitrogens with one attached hydrogen (secondary N) is 1. The van der Waals surface area contributed by atoms with E-state index in [2.05, 4.69) is 23.5 Å². The van der Waals surface area contributed by atoms with Gasteiger partial charge in [-0.2, -0.15) is 4.31 Å². The van der Waals surface area contributed by atoms with Gasteiger partial charge in [-0.25, -0.2) is 8.42 Å². The third-order valence-corrected chi connectivity index (χ3v) is 8.55. The maximum atomic E-state index is 13.4. The van der Waals surface area contributed by atoms with Gasteiger partial charge in [0.15, 0.2) is 0 Å².